The third kappa shape index (κ3) is 3.38. The molecular weight excluding hydrogens is 416 g/mol. The lowest BCUT2D eigenvalue weighted by molar-refractivity contribution is -0.116. The summed E-state index contributed by atoms with van der Waals surface area (Å²) in [5.41, 5.74) is 2.81. The molecule has 0 aromatic heterocycles. The van der Waals surface area contributed by atoms with Crippen LogP contribution in [0.5, 0.6) is 0 Å². The maximum atomic E-state index is 13.2. The summed E-state index contributed by atoms with van der Waals surface area (Å²) in [5, 5.41) is 0. The number of carbonyl (C=O) groups excluding carboxylic acids is 1. The van der Waals surface area contributed by atoms with E-state index in [1.807, 2.05) is 32.0 Å². The molecular formula is C19H21BrN2O3S. The fourth-order valence-electron chi connectivity index (χ4n) is 3.49. The normalized spacial score (nSPS) is 16.5. The van der Waals surface area contributed by atoms with Crippen LogP contribution in [-0.4, -0.2) is 20.4 Å². The van der Waals surface area contributed by atoms with Crippen molar-refractivity contribution in [2.75, 3.05) is 9.62 Å². The van der Waals surface area contributed by atoms with Gasteiger partial charge in [-0.1, -0.05) is 41.1 Å². The number of nitrogens with zero attached hydrogens (tertiary/aromatic N) is 1. The lowest BCUT2D eigenvalue weighted by Gasteiger charge is -2.23. The first-order chi connectivity index (χ1) is 12.2. The molecule has 0 radical (unpaired) electrons. The Bertz CT molecular complexity index is 973. The van der Waals surface area contributed by atoms with E-state index >= 15 is 0 Å². The van der Waals surface area contributed by atoms with Crippen LogP contribution in [0.2, 0.25) is 0 Å². The number of para-hydroxylation sites is 1. The molecule has 2 aromatic carbocycles. The summed E-state index contributed by atoms with van der Waals surface area (Å²) < 4.78 is 29.8. The topological polar surface area (TPSA) is 66.5 Å². The quantitative estimate of drug-likeness (QED) is 0.783. The molecule has 0 saturated heterocycles. The van der Waals surface area contributed by atoms with Crippen molar-refractivity contribution in [1.29, 1.82) is 0 Å². The van der Waals surface area contributed by atoms with Gasteiger partial charge in [0.15, 0.2) is 0 Å². The number of aryl methyl sites for hydroxylation is 1. The van der Waals surface area contributed by atoms with Crippen molar-refractivity contribution in [2.45, 2.75) is 44.6 Å². The van der Waals surface area contributed by atoms with Crippen LogP contribution in [0.25, 0.3) is 0 Å². The fourth-order valence-corrected chi connectivity index (χ4v) is 5.51. The van der Waals surface area contributed by atoms with E-state index in [0.29, 0.717) is 28.7 Å². The summed E-state index contributed by atoms with van der Waals surface area (Å²) in [4.78, 5) is 13.8. The third-order valence-corrected chi connectivity index (χ3v) is 6.42. The number of benzene rings is 2. The van der Waals surface area contributed by atoms with Crippen LogP contribution in [0.3, 0.4) is 0 Å². The van der Waals surface area contributed by atoms with Gasteiger partial charge in [-0.2, -0.15) is 0 Å². The molecule has 0 fully saturated rings. The Hall–Kier alpha value is -1.86. The Kier molecular flexibility index (Phi) is 5.12. The zero-order valence-corrected chi connectivity index (χ0v) is 17.3. The van der Waals surface area contributed by atoms with Gasteiger partial charge >= 0.3 is 0 Å². The Morgan fingerprint density at radius 2 is 2.00 bits per heavy atom. The van der Waals surface area contributed by atoms with E-state index in [9.17, 15) is 13.2 Å². The third-order valence-electron chi connectivity index (χ3n) is 4.59. The van der Waals surface area contributed by atoms with Gasteiger partial charge in [0.25, 0.3) is 10.0 Å². The number of rotatable bonds is 4. The Balaban J connectivity index is 2.13. The highest BCUT2D eigenvalue weighted by molar-refractivity contribution is 9.10. The molecule has 1 aliphatic heterocycles. The first kappa shape index (κ1) is 18.9. The second kappa shape index (κ2) is 7.04. The monoisotopic (exact) mass is 436 g/mol. The van der Waals surface area contributed by atoms with Gasteiger partial charge in [0.1, 0.15) is 4.90 Å². The zero-order chi connectivity index (χ0) is 19.1. The second-order valence-corrected chi connectivity index (χ2v) is 9.04. The van der Waals surface area contributed by atoms with Crippen LogP contribution in [-0.2, 0) is 27.7 Å². The van der Waals surface area contributed by atoms with Crippen molar-refractivity contribution >= 4 is 43.2 Å². The fraction of sp³-hybridized carbons (Fsp3) is 0.316. The highest BCUT2D eigenvalue weighted by Crippen LogP contribution is 2.40. The average molecular weight is 437 g/mol. The van der Waals surface area contributed by atoms with Gasteiger partial charge in [-0.25, -0.2) is 8.42 Å². The smallest absolute Gasteiger partial charge is 0.264 e. The lowest BCUT2D eigenvalue weighted by atomic mass is 10.1. The Morgan fingerprint density at radius 3 is 2.65 bits per heavy atom. The summed E-state index contributed by atoms with van der Waals surface area (Å²) in [6.07, 6.45) is 1.34. The van der Waals surface area contributed by atoms with Crippen molar-refractivity contribution < 1.29 is 13.2 Å². The van der Waals surface area contributed by atoms with Crippen molar-refractivity contribution in [3.63, 3.8) is 0 Å². The standard InChI is InChI=1S/C19H21BrN2O3S/c1-4-14-7-5-6-8-17(14)21-26(24,25)18-11-16(20)10-15-9-12(2)22(13(3)23)19(15)18/h5-8,10-12,21H,4,9H2,1-3H3/t12-/m0/s1. The van der Waals surface area contributed by atoms with Gasteiger partial charge in [0.05, 0.1) is 11.4 Å². The summed E-state index contributed by atoms with van der Waals surface area (Å²) in [7, 11) is -3.86. The molecule has 1 atom stereocenters. The SMILES string of the molecule is CCc1ccccc1NS(=O)(=O)c1cc(Br)cc2c1N(C(C)=O)[C@@H](C)C2. The number of hydrogen-bond acceptors (Lipinski definition) is 3. The molecule has 138 valence electrons. The molecule has 7 heteroatoms. The maximum absolute atomic E-state index is 13.2. The van der Waals surface area contributed by atoms with Crippen LogP contribution >= 0.6 is 15.9 Å². The van der Waals surface area contributed by atoms with E-state index in [1.54, 1.807) is 23.1 Å². The van der Waals surface area contributed by atoms with Gasteiger partial charge in [-0.3, -0.25) is 9.52 Å². The molecule has 5 nitrogen and oxygen atoms in total. The number of amides is 1. The van der Waals surface area contributed by atoms with Gasteiger partial charge in [0, 0.05) is 17.4 Å². The van der Waals surface area contributed by atoms with E-state index in [-0.39, 0.29) is 16.8 Å². The molecule has 1 amide bonds. The Morgan fingerprint density at radius 1 is 1.31 bits per heavy atom. The van der Waals surface area contributed by atoms with Gasteiger partial charge in [-0.05, 0) is 49.1 Å². The first-order valence-electron chi connectivity index (χ1n) is 8.47. The van der Waals surface area contributed by atoms with E-state index in [1.165, 1.54) is 6.92 Å². The van der Waals surface area contributed by atoms with Crippen molar-refractivity contribution in [3.05, 3.63) is 52.0 Å². The first-order valence-corrected chi connectivity index (χ1v) is 10.7. The van der Waals surface area contributed by atoms with Crippen molar-refractivity contribution in [1.82, 2.24) is 0 Å². The minimum Gasteiger partial charge on any atom is -0.308 e. The van der Waals surface area contributed by atoms with E-state index in [4.69, 9.17) is 0 Å². The number of anilines is 2. The van der Waals surface area contributed by atoms with Gasteiger partial charge in [0.2, 0.25) is 5.91 Å². The second-order valence-electron chi connectivity index (χ2n) is 6.47. The van der Waals surface area contributed by atoms with Crippen molar-refractivity contribution in [2.24, 2.45) is 0 Å². The molecule has 26 heavy (non-hydrogen) atoms. The molecule has 3 rings (SSSR count). The molecule has 0 unspecified atom stereocenters. The molecule has 1 heterocycles. The number of nitrogens with one attached hydrogen (secondary N) is 1. The largest absolute Gasteiger partial charge is 0.308 e. The van der Waals surface area contributed by atoms with Gasteiger partial charge in [-0.15, -0.1) is 0 Å². The molecule has 1 aliphatic rings. The van der Waals surface area contributed by atoms with E-state index < -0.39 is 10.0 Å². The predicted octanol–water partition coefficient (Wildman–Crippen LogP) is 4.11. The minimum atomic E-state index is -3.86. The highest BCUT2D eigenvalue weighted by Gasteiger charge is 2.35. The predicted molar refractivity (Wildman–Crippen MR) is 107 cm³/mol. The summed E-state index contributed by atoms with van der Waals surface area (Å²) in [6, 6.07) is 10.7. The van der Waals surface area contributed by atoms with Crippen LogP contribution in [0, 0.1) is 0 Å². The number of sulfonamides is 1. The summed E-state index contributed by atoms with van der Waals surface area (Å²) >= 11 is 3.40. The molecule has 0 aliphatic carbocycles. The van der Waals surface area contributed by atoms with Crippen LogP contribution < -0.4 is 9.62 Å². The summed E-state index contributed by atoms with van der Waals surface area (Å²) in [5.74, 6) is -0.163. The highest BCUT2D eigenvalue weighted by atomic mass is 79.9. The number of fused-ring (bicyclic) bond motifs is 1. The van der Waals surface area contributed by atoms with Crippen molar-refractivity contribution in [3.8, 4) is 0 Å². The van der Waals surface area contributed by atoms with Crippen LogP contribution in [0.15, 0.2) is 45.8 Å². The van der Waals surface area contributed by atoms with Gasteiger partial charge < -0.3 is 4.90 Å². The molecule has 1 N–H and O–H groups in total. The molecule has 0 spiro atoms. The zero-order valence-electron chi connectivity index (χ0n) is 14.9. The lowest BCUT2D eigenvalue weighted by Crippen LogP contribution is -2.34. The molecule has 0 bridgehead atoms. The molecule has 2 aromatic rings. The average Bonchev–Trinajstić information content (AvgIpc) is 2.89. The maximum Gasteiger partial charge on any atom is 0.264 e. The molecule has 0 saturated carbocycles. The minimum absolute atomic E-state index is 0.0753. The number of hydrogen-bond donors (Lipinski definition) is 1. The number of carbonyl (C=O) groups is 1. The van der Waals surface area contributed by atoms with Crippen LogP contribution in [0.4, 0.5) is 11.4 Å². The number of halogens is 1. The van der Waals surface area contributed by atoms with E-state index in [2.05, 4.69) is 20.7 Å². The summed E-state index contributed by atoms with van der Waals surface area (Å²) in [6.45, 7) is 5.36. The van der Waals surface area contributed by atoms with E-state index in [0.717, 1.165) is 11.1 Å². The van der Waals surface area contributed by atoms with Crippen LogP contribution in [0.1, 0.15) is 31.9 Å². The Labute approximate surface area is 162 Å².